The van der Waals surface area contributed by atoms with Crippen molar-refractivity contribution in [1.82, 2.24) is 15.0 Å². The van der Waals surface area contributed by atoms with Gasteiger partial charge in [0.25, 0.3) is 0 Å². The van der Waals surface area contributed by atoms with Gasteiger partial charge in [-0.1, -0.05) is 6.07 Å². The Morgan fingerprint density at radius 3 is 2.89 bits per heavy atom. The Bertz CT molecular complexity index is 693. The fourth-order valence-corrected chi connectivity index (χ4v) is 2.94. The van der Waals surface area contributed by atoms with E-state index in [1.54, 1.807) is 23.9 Å². The topological polar surface area (TPSA) is 50.7 Å². The first-order valence-corrected chi connectivity index (χ1v) is 7.00. The summed E-state index contributed by atoms with van der Waals surface area (Å²) in [4.78, 5) is 13.0. The van der Waals surface area contributed by atoms with Crippen LogP contribution in [0, 0.1) is 6.92 Å². The van der Waals surface area contributed by atoms with E-state index in [4.69, 9.17) is 0 Å². The molecule has 0 aliphatic heterocycles. The lowest BCUT2D eigenvalue weighted by Crippen LogP contribution is -2.09. The van der Waals surface area contributed by atoms with E-state index in [1.807, 2.05) is 18.2 Å². The van der Waals surface area contributed by atoms with Crippen LogP contribution in [0.2, 0.25) is 0 Å². The van der Waals surface area contributed by atoms with E-state index in [9.17, 15) is 0 Å². The number of nitrogens with one attached hydrogen (secondary N) is 1. The zero-order chi connectivity index (χ0) is 13.2. The van der Waals surface area contributed by atoms with Gasteiger partial charge >= 0.3 is 0 Å². The van der Waals surface area contributed by atoms with Crippen LogP contribution in [-0.2, 0) is 0 Å². The van der Waals surface area contributed by atoms with E-state index >= 15 is 0 Å². The zero-order valence-corrected chi connectivity index (χ0v) is 11.6. The van der Waals surface area contributed by atoms with Crippen molar-refractivity contribution in [1.29, 1.82) is 0 Å². The van der Waals surface area contributed by atoms with Crippen LogP contribution in [0.5, 0.6) is 0 Å². The molecule has 1 unspecified atom stereocenters. The SMILES string of the molecule is Cc1csc2c(NC(C)c3ccccn3)ncnc12. The largest absolute Gasteiger partial charge is 0.361 e. The molecule has 3 aromatic heterocycles. The first-order chi connectivity index (χ1) is 9.25. The van der Waals surface area contributed by atoms with Gasteiger partial charge in [0, 0.05) is 6.20 Å². The lowest BCUT2D eigenvalue weighted by atomic mass is 10.2. The van der Waals surface area contributed by atoms with Crippen LogP contribution in [0.3, 0.4) is 0 Å². The van der Waals surface area contributed by atoms with E-state index < -0.39 is 0 Å². The monoisotopic (exact) mass is 270 g/mol. The Morgan fingerprint density at radius 2 is 2.11 bits per heavy atom. The van der Waals surface area contributed by atoms with Gasteiger partial charge in [-0.15, -0.1) is 11.3 Å². The Morgan fingerprint density at radius 1 is 1.21 bits per heavy atom. The van der Waals surface area contributed by atoms with Crippen LogP contribution >= 0.6 is 11.3 Å². The van der Waals surface area contributed by atoms with Crippen LogP contribution in [-0.4, -0.2) is 15.0 Å². The molecule has 96 valence electrons. The third-order valence-corrected chi connectivity index (χ3v) is 4.11. The Hall–Kier alpha value is -2.01. The van der Waals surface area contributed by atoms with Crippen LogP contribution in [0.25, 0.3) is 10.2 Å². The number of nitrogens with zero attached hydrogens (tertiary/aromatic N) is 3. The lowest BCUT2D eigenvalue weighted by Gasteiger charge is -2.14. The molecule has 3 heterocycles. The minimum Gasteiger partial charge on any atom is -0.361 e. The average Bonchev–Trinajstić information content (AvgIpc) is 2.83. The van der Waals surface area contributed by atoms with Crippen molar-refractivity contribution < 1.29 is 0 Å². The van der Waals surface area contributed by atoms with Crippen LogP contribution in [0.15, 0.2) is 36.1 Å². The van der Waals surface area contributed by atoms with Gasteiger partial charge in [-0.2, -0.15) is 0 Å². The van der Waals surface area contributed by atoms with Gasteiger partial charge in [0.15, 0.2) is 0 Å². The fraction of sp³-hybridized carbons (Fsp3) is 0.214. The van der Waals surface area contributed by atoms with Crippen molar-refractivity contribution in [2.45, 2.75) is 19.9 Å². The van der Waals surface area contributed by atoms with Crippen molar-refractivity contribution in [3.05, 3.63) is 47.4 Å². The number of aromatic nitrogens is 3. The highest BCUT2D eigenvalue weighted by Gasteiger charge is 2.12. The third-order valence-electron chi connectivity index (χ3n) is 3.02. The van der Waals surface area contributed by atoms with Gasteiger partial charge in [0.2, 0.25) is 0 Å². The van der Waals surface area contributed by atoms with Crippen LogP contribution < -0.4 is 5.32 Å². The predicted octanol–water partition coefficient (Wildman–Crippen LogP) is 3.57. The van der Waals surface area contributed by atoms with Crippen molar-refractivity contribution in [2.24, 2.45) is 0 Å². The zero-order valence-electron chi connectivity index (χ0n) is 10.8. The summed E-state index contributed by atoms with van der Waals surface area (Å²) >= 11 is 1.67. The molecule has 0 fully saturated rings. The van der Waals surface area contributed by atoms with Gasteiger partial charge in [0.1, 0.15) is 12.1 Å². The Balaban J connectivity index is 1.93. The summed E-state index contributed by atoms with van der Waals surface area (Å²) in [6.07, 6.45) is 3.41. The number of rotatable bonds is 3. The summed E-state index contributed by atoms with van der Waals surface area (Å²) in [6, 6.07) is 6.03. The second-order valence-electron chi connectivity index (χ2n) is 4.44. The van der Waals surface area contributed by atoms with Crippen molar-refractivity contribution in [2.75, 3.05) is 5.32 Å². The van der Waals surface area contributed by atoms with E-state index in [0.29, 0.717) is 0 Å². The maximum absolute atomic E-state index is 4.36. The molecule has 0 radical (unpaired) electrons. The molecular weight excluding hydrogens is 256 g/mol. The molecule has 0 amide bonds. The van der Waals surface area contributed by atoms with Gasteiger partial charge < -0.3 is 5.32 Å². The van der Waals surface area contributed by atoms with Gasteiger partial charge in [-0.3, -0.25) is 4.98 Å². The molecule has 5 heteroatoms. The summed E-state index contributed by atoms with van der Waals surface area (Å²) in [5.41, 5.74) is 3.22. The summed E-state index contributed by atoms with van der Waals surface area (Å²) < 4.78 is 1.10. The van der Waals surface area contributed by atoms with E-state index in [-0.39, 0.29) is 6.04 Å². The summed E-state index contributed by atoms with van der Waals surface area (Å²) in [5, 5.41) is 5.52. The van der Waals surface area contributed by atoms with Gasteiger partial charge in [0.05, 0.1) is 22.0 Å². The molecular formula is C14H14N4S. The maximum atomic E-state index is 4.36. The molecule has 0 saturated heterocycles. The van der Waals surface area contributed by atoms with Crippen LogP contribution in [0.1, 0.15) is 24.2 Å². The second-order valence-corrected chi connectivity index (χ2v) is 5.32. The first kappa shape index (κ1) is 12.0. The molecule has 0 aliphatic rings. The molecule has 1 atom stereocenters. The Labute approximate surface area is 115 Å². The molecule has 3 aromatic rings. The lowest BCUT2D eigenvalue weighted by molar-refractivity contribution is 0.833. The standard InChI is InChI=1S/C14H14N4S/c1-9-7-19-13-12(9)16-8-17-14(13)18-10(2)11-5-3-4-6-15-11/h3-8,10H,1-2H3,(H,16,17,18). The van der Waals surface area contributed by atoms with E-state index in [1.165, 1.54) is 5.56 Å². The minimum atomic E-state index is 0.113. The highest BCUT2D eigenvalue weighted by molar-refractivity contribution is 7.18. The molecule has 0 spiro atoms. The third kappa shape index (κ3) is 2.29. The molecule has 0 bridgehead atoms. The number of anilines is 1. The number of fused-ring (bicyclic) bond motifs is 1. The second kappa shape index (κ2) is 4.93. The molecule has 4 nitrogen and oxygen atoms in total. The fourth-order valence-electron chi connectivity index (χ4n) is 1.98. The summed E-state index contributed by atoms with van der Waals surface area (Å²) in [5.74, 6) is 0.876. The number of thiophene rings is 1. The van der Waals surface area contributed by atoms with Gasteiger partial charge in [-0.05, 0) is 36.9 Å². The van der Waals surface area contributed by atoms with Gasteiger partial charge in [-0.25, -0.2) is 9.97 Å². The summed E-state index contributed by atoms with van der Waals surface area (Å²) in [7, 11) is 0. The molecule has 3 rings (SSSR count). The first-order valence-electron chi connectivity index (χ1n) is 6.12. The number of hydrogen-bond donors (Lipinski definition) is 1. The number of aryl methyl sites for hydroxylation is 1. The quantitative estimate of drug-likeness (QED) is 0.790. The van der Waals surface area contributed by atoms with E-state index in [2.05, 4.69) is 39.5 Å². The predicted molar refractivity (Wildman–Crippen MR) is 78.4 cm³/mol. The smallest absolute Gasteiger partial charge is 0.147 e. The normalized spacial score (nSPS) is 12.5. The molecule has 1 N–H and O–H groups in total. The molecule has 0 saturated carbocycles. The molecule has 0 aromatic carbocycles. The molecule has 0 aliphatic carbocycles. The van der Waals surface area contributed by atoms with Crippen molar-refractivity contribution in [3.8, 4) is 0 Å². The number of hydrogen-bond acceptors (Lipinski definition) is 5. The Kier molecular flexibility index (Phi) is 3.13. The molecule has 19 heavy (non-hydrogen) atoms. The van der Waals surface area contributed by atoms with Crippen molar-refractivity contribution in [3.63, 3.8) is 0 Å². The highest BCUT2D eigenvalue weighted by Crippen LogP contribution is 2.30. The van der Waals surface area contributed by atoms with Crippen LogP contribution in [0.4, 0.5) is 5.82 Å². The van der Waals surface area contributed by atoms with E-state index in [0.717, 1.165) is 21.7 Å². The van der Waals surface area contributed by atoms with Crippen molar-refractivity contribution >= 4 is 27.4 Å². The average molecular weight is 270 g/mol. The maximum Gasteiger partial charge on any atom is 0.147 e. The summed E-state index contributed by atoms with van der Waals surface area (Å²) in [6.45, 7) is 4.15. The number of pyridine rings is 1. The minimum absolute atomic E-state index is 0.113. The highest BCUT2D eigenvalue weighted by atomic mass is 32.1.